The molecule has 2 saturated heterocycles. The van der Waals surface area contributed by atoms with Crippen LogP contribution in [0.1, 0.15) is 43.0 Å². The van der Waals surface area contributed by atoms with Crippen molar-refractivity contribution in [3.63, 3.8) is 0 Å². The van der Waals surface area contributed by atoms with E-state index >= 15 is 0 Å². The molecule has 2 atom stereocenters. The van der Waals surface area contributed by atoms with Gasteiger partial charge >= 0.3 is 6.09 Å². The minimum Gasteiger partial charge on any atom is -0.450 e. The summed E-state index contributed by atoms with van der Waals surface area (Å²) in [5, 5.41) is 6.35. The van der Waals surface area contributed by atoms with Crippen LogP contribution < -0.4 is 10.6 Å². The Morgan fingerprint density at radius 3 is 2.59 bits per heavy atom. The van der Waals surface area contributed by atoms with Gasteiger partial charge in [0.05, 0.1) is 17.2 Å². The van der Waals surface area contributed by atoms with Gasteiger partial charge in [0.1, 0.15) is 5.82 Å². The van der Waals surface area contributed by atoms with Crippen molar-refractivity contribution in [2.75, 3.05) is 19.7 Å². The molecule has 148 valence electrons. The van der Waals surface area contributed by atoms with Crippen LogP contribution in [0.2, 0.25) is 5.02 Å². The number of benzene rings is 1. The highest BCUT2D eigenvalue weighted by molar-refractivity contribution is 6.33. The normalized spacial score (nSPS) is 24.0. The van der Waals surface area contributed by atoms with Gasteiger partial charge in [-0.05, 0) is 50.8 Å². The summed E-state index contributed by atoms with van der Waals surface area (Å²) < 4.78 is 18.2. The van der Waals surface area contributed by atoms with Gasteiger partial charge in [0.25, 0.3) is 5.91 Å². The molecule has 2 aliphatic rings. The monoisotopic (exact) mass is 397 g/mol. The molecule has 1 aromatic carbocycles. The fourth-order valence-electron chi connectivity index (χ4n) is 4.06. The summed E-state index contributed by atoms with van der Waals surface area (Å²) in [7, 11) is 0. The van der Waals surface area contributed by atoms with Crippen molar-refractivity contribution in [1.29, 1.82) is 0 Å². The van der Waals surface area contributed by atoms with E-state index in [1.165, 1.54) is 12.1 Å². The number of nitrogens with one attached hydrogen (secondary N) is 2. The molecule has 1 aromatic rings. The van der Waals surface area contributed by atoms with E-state index in [4.69, 9.17) is 16.3 Å². The van der Waals surface area contributed by atoms with Crippen molar-refractivity contribution in [2.45, 2.75) is 50.7 Å². The van der Waals surface area contributed by atoms with Crippen molar-refractivity contribution < 1.29 is 18.7 Å². The van der Waals surface area contributed by atoms with Crippen molar-refractivity contribution in [3.8, 4) is 0 Å². The van der Waals surface area contributed by atoms with E-state index in [9.17, 15) is 14.0 Å². The maximum absolute atomic E-state index is 13.1. The van der Waals surface area contributed by atoms with Crippen LogP contribution in [0.25, 0.3) is 0 Å². The van der Waals surface area contributed by atoms with Gasteiger partial charge < -0.3 is 20.3 Å². The van der Waals surface area contributed by atoms with Crippen LogP contribution in [0.4, 0.5) is 9.18 Å². The Kier molecular flexibility index (Phi) is 6.55. The number of piperidine rings is 1. The molecule has 0 spiro atoms. The Bertz CT molecular complexity index is 689. The maximum Gasteiger partial charge on any atom is 0.410 e. The molecule has 2 bridgehead atoms. The highest BCUT2D eigenvalue weighted by atomic mass is 35.5. The van der Waals surface area contributed by atoms with Crippen LogP contribution in [0.15, 0.2) is 18.2 Å². The third-order valence-electron chi connectivity index (χ3n) is 5.23. The second-order valence-electron chi connectivity index (χ2n) is 6.99. The third-order valence-corrected chi connectivity index (χ3v) is 5.54. The van der Waals surface area contributed by atoms with Crippen molar-refractivity contribution >= 4 is 23.6 Å². The maximum atomic E-state index is 13.1. The molecule has 2 fully saturated rings. The van der Waals surface area contributed by atoms with Gasteiger partial charge in [-0.2, -0.15) is 0 Å². The first-order chi connectivity index (χ1) is 13.0. The molecule has 0 aliphatic carbocycles. The Hall–Kier alpha value is -1.86. The molecule has 2 aliphatic heterocycles. The Morgan fingerprint density at radius 1 is 1.26 bits per heavy atom. The van der Waals surface area contributed by atoms with Crippen LogP contribution in [-0.4, -0.2) is 54.7 Å². The fraction of sp³-hybridized carbons (Fsp3) is 0.579. The van der Waals surface area contributed by atoms with Crippen LogP contribution in [0, 0.1) is 5.82 Å². The first kappa shape index (κ1) is 19.9. The molecule has 2 N–H and O–H groups in total. The highest BCUT2D eigenvalue weighted by Crippen LogP contribution is 2.36. The predicted octanol–water partition coefficient (Wildman–Crippen LogP) is 2.95. The summed E-state index contributed by atoms with van der Waals surface area (Å²) in [6.45, 7) is 3.28. The Balaban J connectivity index is 1.42. The lowest BCUT2D eigenvalue weighted by Gasteiger charge is -2.38. The van der Waals surface area contributed by atoms with E-state index in [-0.39, 0.29) is 34.7 Å². The first-order valence-electron chi connectivity index (χ1n) is 9.41. The number of hydrogen-bond donors (Lipinski definition) is 2. The SMILES string of the molecule is CCOC(=O)N1C2CCC1CC(NCCNC(=O)c1ccc(F)cc1Cl)C2. The van der Waals surface area contributed by atoms with Crippen molar-refractivity contribution in [3.05, 3.63) is 34.6 Å². The topological polar surface area (TPSA) is 70.7 Å². The summed E-state index contributed by atoms with van der Waals surface area (Å²) in [4.78, 5) is 26.1. The zero-order valence-corrected chi connectivity index (χ0v) is 16.1. The lowest BCUT2D eigenvalue weighted by molar-refractivity contribution is 0.0659. The molecule has 2 heterocycles. The molecular weight excluding hydrogens is 373 g/mol. The smallest absolute Gasteiger partial charge is 0.410 e. The van der Waals surface area contributed by atoms with Crippen molar-refractivity contribution in [1.82, 2.24) is 15.5 Å². The van der Waals surface area contributed by atoms with Crippen LogP contribution >= 0.6 is 11.6 Å². The summed E-state index contributed by atoms with van der Waals surface area (Å²) in [5.74, 6) is -0.791. The van der Waals surface area contributed by atoms with E-state index < -0.39 is 5.82 Å². The largest absolute Gasteiger partial charge is 0.450 e. The molecule has 0 radical (unpaired) electrons. The number of carbonyl (C=O) groups excluding carboxylic acids is 2. The van der Waals surface area contributed by atoms with E-state index in [1.807, 2.05) is 11.8 Å². The van der Waals surface area contributed by atoms with Gasteiger partial charge in [-0.15, -0.1) is 0 Å². The summed E-state index contributed by atoms with van der Waals surface area (Å²) >= 11 is 5.90. The number of fused-ring (bicyclic) bond motifs is 2. The summed E-state index contributed by atoms with van der Waals surface area (Å²) in [6, 6.07) is 4.50. The second-order valence-corrected chi connectivity index (χ2v) is 7.40. The molecule has 0 aromatic heterocycles. The number of hydrogen-bond acceptors (Lipinski definition) is 4. The number of halogens is 2. The van der Waals surface area contributed by atoms with Gasteiger partial charge in [-0.3, -0.25) is 4.79 Å². The molecule has 0 saturated carbocycles. The average molecular weight is 398 g/mol. The van der Waals surface area contributed by atoms with Gasteiger partial charge in [0, 0.05) is 31.2 Å². The molecule has 6 nitrogen and oxygen atoms in total. The van der Waals surface area contributed by atoms with Gasteiger partial charge in [-0.25, -0.2) is 9.18 Å². The minimum absolute atomic E-state index is 0.100. The quantitative estimate of drug-likeness (QED) is 0.724. The third kappa shape index (κ3) is 4.71. The van der Waals surface area contributed by atoms with Gasteiger partial charge in [0.2, 0.25) is 0 Å². The number of carbonyl (C=O) groups is 2. The standard InChI is InChI=1S/C19H25ClFN3O3/c1-2-27-19(26)24-14-4-5-15(24)11-13(10-14)22-7-8-23-18(25)16-6-3-12(21)9-17(16)20/h3,6,9,13-15,22H,2,4-5,7-8,10-11H2,1H3,(H,23,25). The lowest BCUT2D eigenvalue weighted by atomic mass is 9.98. The molecule has 2 unspecified atom stereocenters. The highest BCUT2D eigenvalue weighted by Gasteiger charge is 2.43. The first-order valence-corrected chi connectivity index (χ1v) is 9.79. The van der Waals surface area contributed by atoms with Crippen LogP contribution in [-0.2, 0) is 4.74 Å². The van der Waals surface area contributed by atoms with E-state index in [0.29, 0.717) is 25.7 Å². The molecule has 2 amide bonds. The zero-order chi connectivity index (χ0) is 19.4. The van der Waals surface area contributed by atoms with Crippen molar-refractivity contribution in [2.24, 2.45) is 0 Å². The molecule has 8 heteroatoms. The number of nitrogens with zero attached hydrogens (tertiary/aromatic N) is 1. The number of rotatable bonds is 6. The zero-order valence-electron chi connectivity index (χ0n) is 15.3. The molecular formula is C19H25ClFN3O3. The Labute approximate surface area is 163 Å². The van der Waals surface area contributed by atoms with Gasteiger partial charge in [0.15, 0.2) is 0 Å². The van der Waals surface area contributed by atoms with Crippen LogP contribution in [0.3, 0.4) is 0 Å². The Morgan fingerprint density at radius 2 is 1.96 bits per heavy atom. The van der Waals surface area contributed by atoms with E-state index in [2.05, 4.69) is 10.6 Å². The van der Waals surface area contributed by atoms with E-state index in [1.54, 1.807) is 0 Å². The predicted molar refractivity (Wildman–Crippen MR) is 100 cm³/mol. The van der Waals surface area contributed by atoms with E-state index in [0.717, 1.165) is 31.7 Å². The molecule has 27 heavy (non-hydrogen) atoms. The van der Waals surface area contributed by atoms with Crippen LogP contribution in [0.5, 0.6) is 0 Å². The number of amides is 2. The lowest BCUT2D eigenvalue weighted by Crippen LogP contribution is -2.52. The number of ether oxygens (including phenoxy) is 1. The minimum atomic E-state index is -0.470. The van der Waals surface area contributed by atoms with Gasteiger partial charge in [-0.1, -0.05) is 11.6 Å². The summed E-state index contributed by atoms with van der Waals surface area (Å²) in [5.41, 5.74) is 0.263. The second kappa shape index (κ2) is 8.89. The molecule has 3 rings (SSSR count). The fourth-order valence-corrected chi connectivity index (χ4v) is 4.31. The summed E-state index contributed by atoms with van der Waals surface area (Å²) in [6.07, 6.45) is 3.62. The average Bonchev–Trinajstić information content (AvgIpc) is 2.89.